The number of amides is 1. The Morgan fingerprint density at radius 1 is 1.06 bits per heavy atom. The van der Waals surface area contributed by atoms with E-state index >= 15 is 0 Å². The van der Waals surface area contributed by atoms with E-state index in [-0.39, 0.29) is 17.2 Å². The number of rotatable bonds is 6. The summed E-state index contributed by atoms with van der Waals surface area (Å²) in [5, 5.41) is 10.9. The predicted octanol–water partition coefficient (Wildman–Crippen LogP) is 3.04. The quantitative estimate of drug-likeness (QED) is 0.596. The first-order chi connectivity index (χ1) is 15.1. The maximum atomic E-state index is 12.7. The number of carbonyl (C=O) groups excluding carboxylic acids is 2. The van der Waals surface area contributed by atoms with Gasteiger partial charge in [0, 0.05) is 5.56 Å². The average Bonchev–Trinajstić information content (AvgIpc) is 2.76. The molecule has 8 nitrogen and oxygen atoms in total. The molecular weight excluding hydrogens is 408 g/mol. The molecular formula is C24H28N4O4. The lowest BCUT2D eigenvalue weighted by Gasteiger charge is -2.22. The van der Waals surface area contributed by atoms with Gasteiger partial charge in [-0.1, -0.05) is 64.1 Å². The van der Waals surface area contributed by atoms with E-state index in [1.54, 1.807) is 50.2 Å². The normalized spacial score (nSPS) is 12.6. The molecule has 1 aromatic heterocycles. The smallest absolute Gasteiger partial charge is 0.330 e. The lowest BCUT2D eigenvalue weighted by molar-refractivity contribution is -0.151. The van der Waals surface area contributed by atoms with E-state index in [0.717, 1.165) is 10.2 Å². The van der Waals surface area contributed by atoms with Crippen LogP contribution in [0.1, 0.15) is 50.5 Å². The Morgan fingerprint density at radius 3 is 2.34 bits per heavy atom. The molecule has 3 rings (SSSR count). The molecule has 168 valence electrons. The topological polar surface area (TPSA) is 103 Å². The van der Waals surface area contributed by atoms with Gasteiger partial charge in [-0.25, -0.2) is 4.79 Å². The van der Waals surface area contributed by atoms with Gasteiger partial charge < -0.3 is 10.1 Å². The summed E-state index contributed by atoms with van der Waals surface area (Å²) in [6.45, 7) is 9.50. The summed E-state index contributed by atoms with van der Waals surface area (Å²) in [6, 6.07) is 13.2. The summed E-state index contributed by atoms with van der Waals surface area (Å²) in [7, 11) is 0. The SMILES string of the molecule is CC(C)C(NC(=O)c1ccc(C(C)(C)C)cc1)C(=O)OCn1nnc2ccccc2c1=O. The van der Waals surface area contributed by atoms with Gasteiger partial charge in [-0.3, -0.25) is 9.59 Å². The maximum absolute atomic E-state index is 12.7. The molecule has 0 saturated carbocycles. The first-order valence-corrected chi connectivity index (χ1v) is 10.5. The Balaban J connectivity index is 1.69. The van der Waals surface area contributed by atoms with E-state index in [2.05, 4.69) is 36.4 Å². The van der Waals surface area contributed by atoms with Crippen molar-refractivity contribution in [3.05, 3.63) is 70.0 Å². The van der Waals surface area contributed by atoms with E-state index in [0.29, 0.717) is 16.5 Å². The fourth-order valence-corrected chi connectivity index (χ4v) is 3.17. The Kier molecular flexibility index (Phi) is 6.72. The van der Waals surface area contributed by atoms with Gasteiger partial charge in [0.05, 0.1) is 5.39 Å². The number of fused-ring (bicyclic) bond motifs is 1. The van der Waals surface area contributed by atoms with Gasteiger partial charge in [0.15, 0.2) is 6.73 Å². The van der Waals surface area contributed by atoms with Crippen molar-refractivity contribution in [1.29, 1.82) is 0 Å². The zero-order valence-electron chi connectivity index (χ0n) is 19.0. The Morgan fingerprint density at radius 2 is 1.72 bits per heavy atom. The van der Waals surface area contributed by atoms with Crippen molar-refractivity contribution in [2.24, 2.45) is 5.92 Å². The van der Waals surface area contributed by atoms with Crippen molar-refractivity contribution >= 4 is 22.8 Å². The average molecular weight is 437 g/mol. The minimum atomic E-state index is -0.881. The highest BCUT2D eigenvalue weighted by molar-refractivity contribution is 5.96. The zero-order chi connectivity index (χ0) is 23.5. The summed E-state index contributed by atoms with van der Waals surface area (Å²) < 4.78 is 6.27. The molecule has 0 bridgehead atoms. The van der Waals surface area contributed by atoms with Crippen molar-refractivity contribution in [2.75, 3.05) is 0 Å². The van der Waals surface area contributed by atoms with Crippen molar-refractivity contribution in [3.63, 3.8) is 0 Å². The van der Waals surface area contributed by atoms with Crippen LogP contribution >= 0.6 is 0 Å². The second kappa shape index (κ2) is 9.30. The van der Waals surface area contributed by atoms with Gasteiger partial charge >= 0.3 is 5.97 Å². The van der Waals surface area contributed by atoms with Gasteiger partial charge in [-0.05, 0) is 41.2 Å². The molecule has 0 aliphatic carbocycles. The van der Waals surface area contributed by atoms with Gasteiger partial charge in [0.1, 0.15) is 11.6 Å². The Labute approximate surface area is 186 Å². The summed E-state index contributed by atoms with van der Waals surface area (Å²) in [5.41, 5.74) is 1.59. The number of esters is 1. The van der Waals surface area contributed by atoms with Gasteiger partial charge in [-0.2, -0.15) is 4.68 Å². The molecule has 8 heteroatoms. The van der Waals surface area contributed by atoms with Crippen molar-refractivity contribution in [1.82, 2.24) is 20.3 Å². The molecule has 0 saturated heterocycles. The van der Waals surface area contributed by atoms with Gasteiger partial charge in [0.25, 0.3) is 11.5 Å². The number of carbonyl (C=O) groups is 2. The number of ether oxygens (including phenoxy) is 1. The van der Waals surface area contributed by atoms with E-state index < -0.39 is 24.3 Å². The summed E-state index contributed by atoms with van der Waals surface area (Å²) >= 11 is 0. The molecule has 32 heavy (non-hydrogen) atoms. The van der Waals surface area contributed by atoms with Gasteiger partial charge in [-0.15, -0.1) is 5.10 Å². The van der Waals surface area contributed by atoms with Crippen LogP contribution in [0.15, 0.2) is 53.3 Å². The van der Waals surface area contributed by atoms with E-state index in [1.807, 2.05) is 12.1 Å². The standard InChI is InChI=1S/C24H28N4O4/c1-15(2)20(25-21(29)16-10-12-17(13-11-16)24(3,4)5)23(31)32-14-28-22(30)18-8-6-7-9-19(18)26-27-28/h6-13,15,20H,14H2,1-5H3,(H,25,29). The monoisotopic (exact) mass is 436 g/mol. The molecule has 3 aromatic rings. The fraction of sp³-hybridized carbons (Fsp3) is 0.375. The minimum absolute atomic E-state index is 0.0248. The van der Waals surface area contributed by atoms with E-state index in [9.17, 15) is 14.4 Å². The molecule has 1 atom stereocenters. The molecule has 2 aromatic carbocycles. The van der Waals surface area contributed by atoms with Crippen LogP contribution in [0.4, 0.5) is 0 Å². The molecule has 1 N–H and O–H groups in total. The van der Waals surface area contributed by atoms with Crippen molar-refractivity contribution in [2.45, 2.75) is 52.8 Å². The molecule has 0 fully saturated rings. The van der Waals surface area contributed by atoms with Crippen molar-refractivity contribution in [3.8, 4) is 0 Å². The van der Waals surface area contributed by atoms with Crippen molar-refractivity contribution < 1.29 is 14.3 Å². The van der Waals surface area contributed by atoms with Gasteiger partial charge in [0.2, 0.25) is 0 Å². The maximum Gasteiger partial charge on any atom is 0.330 e. The second-order valence-electron chi connectivity index (χ2n) is 9.03. The molecule has 0 radical (unpaired) electrons. The van der Waals surface area contributed by atoms with E-state index in [1.165, 1.54) is 0 Å². The first kappa shape index (κ1) is 23.1. The molecule has 1 heterocycles. The minimum Gasteiger partial charge on any atom is -0.441 e. The number of hydrogen-bond acceptors (Lipinski definition) is 6. The Hall–Kier alpha value is -3.55. The Bertz CT molecular complexity index is 1180. The third-order valence-corrected chi connectivity index (χ3v) is 5.18. The van der Waals surface area contributed by atoms with Crippen LogP contribution in [0.25, 0.3) is 10.9 Å². The summed E-state index contributed by atoms with van der Waals surface area (Å²) in [5.74, 6) is -1.25. The molecule has 0 aliphatic heterocycles. The number of nitrogens with one attached hydrogen (secondary N) is 1. The summed E-state index contributed by atoms with van der Waals surface area (Å²) in [4.78, 5) is 37.9. The second-order valence-corrected chi connectivity index (χ2v) is 9.03. The van der Waals surface area contributed by atoms with Crippen LogP contribution in [0, 0.1) is 5.92 Å². The third kappa shape index (κ3) is 5.19. The number of aromatic nitrogens is 3. The number of benzene rings is 2. The molecule has 1 amide bonds. The zero-order valence-corrected chi connectivity index (χ0v) is 19.0. The van der Waals surface area contributed by atoms with Crippen LogP contribution in [0.3, 0.4) is 0 Å². The van der Waals surface area contributed by atoms with Crippen LogP contribution in [0.2, 0.25) is 0 Å². The lowest BCUT2D eigenvalue weighted by atomic mass is 9.86. The molecule has 0 spiro atoms. The van der Waals surface area contributed by atoms with E-state index in [4.69, 9.17) is 4.74 Å². The highest BCUT2D eigenvalue weighted by Crippen LogP contribution is 2.22. The van der Waals surface area contributed by atoms with Crippen LogP contribution < -0.4 is 10.9 Å². The predicted molar refractivity (Wildman–Crippen MR) is 121 cm³/mol. The molecule has 1 unspecified atom stereocenters. The first-order valence-electron chi connectivity index (χ1n) is 10.5. The van der Waals surface area contributed by atoms with Crippen LogP contribution in [0.5, 0.6) is 0 Å². The third-order valence-electron chi connectivity index (χ3n) is 5.18. The fourth-order valence-electron chi connectivity index (χ4n) is 3.17. The molecule has 0 aliphatic rings. The summed E-state index contributed by atoms with van der Waals surface area (Å²) in [6.07, 6.45) is 0. The number of hydrogen-bond donors (Lipinski definition) is 1. The van der Waals surface area contributed by atoms with Crippen LogP contribution in [-0.2, 0) is 21.7 Å². The lowest BCUT2D eigenvalue weighted by Crippen LogP contribution is -2.45. The highest BCUT2D eigenvalue weighted by atomic mass is 16.5. The largest absolute Gasteiger partial charge is 0.441 e. The van der Waals surface area contributed by atoms with Crippen LogP contribution in [-0.4, -0.2) is 32.9 Å². The number of nitrogens with zero attached hydrogens (tertiary/aromatic N) is 3. The highest BCUT2D eigenvalue weighted by Gasteiger charge is 2.27.